The van der Waals surface area contributed by atoms with Crippen LogP contribution in [0.5, 0.6) is 11.5 Å². The van der Waals surface area contributed by atoms with Gasteiger partial charge in [-0.25, -0.2) is 0 Å². The van der Waals surface area contributed by atoms with E-state index in [9.17, 15) is 13.2 Å². The average molecular weight is 414 g/mol. The molecule has 1 heterocycles. The van der Waals surface area contributed by atoms with Gasteiger partial charge in [-0.2, -0.15) is 8.42 Å². The smallest absolute Gasteiger partial charge is 0.309 e. The maximum atomic E-state index is 12.7. The molecule has 9 heteroatoms. The second-order valence-corrected chi connectivity index (χ2v) is 8.42. The minimum atomic E-state index is -3.70. The number of ether oxygens (including phenoxy) is 2. The second-order valence-electron chi connectivity index (χ2n) is 5.61. The number of rotatable bonds is 10. The first-order valence-corrected chi connectivity index (χ1v) is 10.8. The summed E-state index contributed by atoms with van der Waals surface area (Å²) in [6.07, 6.45) is 0. The van der Waals surface area contributed by atoms with E-state index in [1.54, 1.807) is 36.3 Å². The Balaban J connectivity index is 2.27. The number of hydrogen-bond donors (Lipinski definition) is 0. The zero-order valence-corrected chi connectivity index (χ0v) is 17.1. The Labute approximate surface area is 163 Å². The van der Waals surface area contributed by atoms with Crippen molar-refractivity contribution in [2.24, 2.45) is 0 Å². The molecule has 1 amide bonds. The third-order valence-corrected chi connectivity index (χ3v) is 5.75. The molecule has 0 atom stereocenters. The van der Waals surface area contributed by atoms with Crippen molar-refractivity contribution in [2.75, 3.05) is 33.1 Å². The van der Waals surface area contributed by atoms with E-state index < -0.39 is 10.1 Å². The molecular formula is C18H23NO6S2. The van der Waals surface area contributed by atoms with Gasteiger partial charge in [0.15, 0.2) is 11.5 Å². The number of hydrogen-bond acceptors (Lipinski definition) is 7. The molecule has 0 radical (unpaired) electrons. The summed E-state index contributed by atoms with van der Waals surface area (Å²) in [4.78, 5) is 15.0. The molecule has 0 aliphatic heterocycles. The van der Waals surface area contributed by atoms with Gasteiger partial charge >= 0.3 is 10.1 Å². The molecule has 1 aromatic heterocycles. The monoisotopic (exact) mass is 413 g/mol. The Bertz CT molecular complexity index is 849. The Hall–Kier alpha value is -2.10. The van der Waals surface area contributed by atoms with Gasteiger partial charge in [-0.15, -0.1) is 11.3 Å². The summed E-state index contributed by atoms with van der Waals surface area (Å²) in [7, 11) is -0.687. The van der Waals surface area contributed by atoms with E-state index in [-0.39, 0.29) is 24.0 Å². The van der Waals surface area contributed by atoms with Crippen LogP contribution in [0.15, 0.2) is 35.7 Å². The van der Waals surface area contributed by atoms with Crippen molar-refractivity contribution in [1.29, 1.82) is 0 Å². The first-order chi connectivity index (χ1) is 12.9. The largest absolute Gasteiger partial charge is 0.493 e. The summed E-state index contributed by atoms with van der Waals surface area (Å²) >= 11 is 1.37. The van der Waals surface area contributed by atoms with Crippen molar-refractivity contribution in [3.63, 3.8) is 0 Å². The van der Waals surface area contributed by atoms with Crippen molar-refractivity contribution < 1.29 is 26.9 Å². The summed E-state index contributed by atoms with van der Waals surface area (Å²) in [5, 5.41) is 1.84. The maximum absolute atomic E-state index is 12.7. The highest BCUT2D eigenvalue weighted by Gasteiger charge is 2.19. The van der Waals surface area contributed by atoms with Gasteiger partial charge in [-0.3, -0.25) is 4.79 Å². The Morgan fingerprint density at radius 2 is 1.96 bits per heavy atom. The first-order valence-electron chi connectivity index (χ1n) is 8.31. The molecule has 0 saturated carbocycles. The lowest BCUT2D eigenvalue weighted by Gasteiger charge is -2.22. The molecule has 2 rings (SSSR count). The van der Waals surface area contributed by atoms with Crippen LogP contribution in [0, 0.1) is 0 Å². The fourth-order valence-electron chi connectivity index (χ4n) is 2.31. The van der Waals surface area contributed by atoms with Crippen LogP contribution in [0.2, 0.25) is 0 Å². The fourth-order valence-corrected chi connectivity index (χ4v) is 3.52. The number of nitrogens with zero attached hydrogens (tertiary/aromatic N) is 1. The lowest BCUT2D eigenvalue weighted by Crippen LogP contribution is -2.33. The van der Waals surface area contributed by atoms with Crippen molar-refractivity contribution in [3.8, 4) is 11.5 Å². The third kappa shape index (κ3) is 5.95. The Morgan fingerprint density at radius 1 is 1.19 bits per heavy atom. The second kappa shape index (κ2) is 9.72. The lowest BCUT2D eigenvalue weighted by atomic mass is 10.2. The molecule has 0 bridgehead atoms. The van der Waals surface area contributed by atoms with Crippen LogP contribution in [0.4, 0.5) is 0 Å². The minimum Gasteiger partial charge on any atom is -0.493 e. The number of carbonyl (C=O) groups excluding carboxylic acids is 1. The van der Waals surface area contributed by atoms with Crippen LogP contribution in [0.25, 0.3) is 0 Å². The number of methoxy groups -OCH3 is 2. The van der Waals surface area contributed by atoms with E-state index >= 15 is 0 Å². The number of carbonyl (C=O) groups is 1. The van der Waals surface area contributed by atoms with E-state index in [0.29, 0.717) is 23.8 Å². The van der Waals surface area contributed by atoms with E-state index in [0.717, 1.165) is 5.56 Å². The molecule has 0 aliphatic rings. The van der Waals surface area contributed by atoms with Gasteiger partial charge in [0.05, 0.1) is 24.3 Å². The number of benzene rings is 1. The molecule has 0 unspecified atom stereocenters. The Kier molecular flexibility index (Phi) is 7.64. The molecular weight excluding hydrogens is 390 g/mol. The Morgan fingerprint density at radius 3 is 2.56 bits per heavy atom. The highest BCUT2D eigenvalue weighted by atomic mass is 32.2. The highest BCUT2D eigenvalue weighted by Crippen LogP contribution is 2.30. The van der Waals surface area contributed by atoms with Crippen LogP contribution in [-0.4, -0.2) is 52.3 Å². The van der Waals surface area contributed by atoms with Crippen LogP contribution in [0.1, 0.15) is 22.2 Å². The van der Waals surface area contributed by atoms with Crippen molar-refractivity contribution in [1.82, 2.24) is 4.90 Å². The topological polar surface area (TPSA) is 82.1 Å². The normalized spacial score (nSPS) is 11.2. The van der Waals surface area contributed by atoms with Crippen LogP contribution < -0.4 is 8.92 Å². The zero-order valence-electron chi connectivity index (χ0n) is 15.5. The van der Waals surface area contributed by atoms with E-state index in [2.05, 4.69) is 0 Å². The quantitative estimate of drug-likeness (QED) is 0.557. The maximum Gasteiger partial charge on any atom is 0.309 e. The van der Waals surface area contributed by atoms with Gasteiger partial charge in [-0.05, 0) is 36.1 Å². The molecule has 27 heavy (non-hydrogen) atoms. The van der Waals surface area contributed by atoms with Crippen LogP contribution in [0.3, 0.4) is 0 Å². The van der Waals surface area contributed by atoms with Crippen molar-refractivity contribution >= 4 is 27.4 Å². The van der Waals surface area contributed by atoms with Gasteiger partial charge in [0, 0.05) is 20.2 Å². The molecule has 0 fully saturated rings. The summed E-state index contributed by atoms with van der Waals surface area (Å²) in [5.74, 6) is 0.148. The van der Waals surface area contributed by atoms with Crippen molar-refractivity contribution in [3.05, 3.63) is 46.2 Å². The van der Waals surface area contributed by atoms with Gasteiger partial charge in [0.1, 0.15) is 0 Å². The molecule has 0 spiro atoms. The zero-order chi connectivity index (χ0) is 19.9. The van der Waals surface area contributed by atoms with E-state index in [1.165, 1.54) is 25.4 Å². The van der Waals surface area contributed by atoms with E-state index in [4.69, 9.17) is 13.7 Å². The fraction of sp³-hybridized carbons (Fsp3) is 0.389. The SMILES string of the molecule is CCS(=O)(=O)Oc1cc(CN(CCOC)C(=O)c2cccs2)ccc1OC. The summed E-state index contributed by atoms with van der Waals surface area (Å²) < 4.78 is 39.0. The molecule has 148 valence electrons. The molecule has 0 aliphatic carbocycles. The lowest BCUT2D eigenvalue weighted by molar-refractivity contribution is 0.0685. The summed E-state index contributed by atoms with van der Waals surface area (Å²) in [6, 6.07) is 8.56. The third-order valence-electron chi connectivity index (χ3n) is 3.76. The van der Waals surface area contributed by atoms with Gasteiger partial charge in [-0.1, -0.05) is 12.1 Å². The molecule has 7 nitrogen and oxygen atoms in total. The number of thiophene rings is 1. The molecule has 0 saturated heterocycles. The summed E-state index contributed by atoms with van der Waals surface area (Å²) in [5.41, 5.74) is 0.720. The van der Waals surface area contributed by atoms with E-state index in [1.807, 2.05) is 11.4 Å². The molecule has 2 aromatic rings. The molecule has 1 aromatic carbocycles. The van der Waals surface area contributed by atoms with Gasteiger partial charge in [0.25, 0.3) is 5.91 Å². The number of amides is 1. The summed E-state index contributed by atoms with van der Waals surface area (Å²) in [6.45, 7) is 2.58. The molecule has 0 N–H and O–H groups in total. The van der Waals surface area contributed by atoms with Crippen molar-refractivity contribution in [2.45, 2.75) is 13.5 Å². The minimum absolute atomic E-state index is 0.104. The van der Waals surface area contributed by atoms with Gasteiger partial charge in [0.2, 0.25) is 0 Å². The first kappa shape index (κ1) is 21.2. The highest BCUT2D eigenvalue weighted by molar-refractivity contribution is 7.87. The van der Waals surface area contributed by atoms with Gasteiger partial charge < -0.3 is 18.6 Å². The van der Waals surface area contributed by atoms with Crippen LogP contribution >= 0.6 is 11.3 Å². The van der Waals surface area contributed by atoms with Crippen LogP contribution in [-0.2, 0) is 21.4 Å². The standard InChI is InChI=1S/C18H23NO6S2/c1-4-27(21,22)25-16-12-14(7-8-15(16)24-3)13-19(9-10-23-2)18(20)17-6-5-11-26-17/h5-8,11-12H,4,9-10,13H2,1-3H3. The predicted molar refractivity (Wildman–Crippen MR) is 104 cm³/mol. The predicted octanol–water partition coefficient (Wildman–Crippen LogP) is 2.77. The average Bonchev–Trinajstić information content (AvgIpc) is 3.19.